The maximum atomic E-state index is 11.1. The molecule has 0 rings (SSSR count). The minimum Gasteiger partial charge on any atom is -0.330 e. The third kappa shape index (κ3) is 10.9. The first-order valence-corrected chi connectivity index (χ1v) is 9.89. The topological polar surface area (TPSA) is 153 Å². The molecular formula is C12H34N2O6P2. The first-order chi connectivity index (χ1) is 9.02. The number of hydrogen-bond acceptors (Lipinski definition) is 4. The summed E-state index contributed by atoms with van der Waals surface area (Å²) in [6.07, 6.45) is 1.71. The van der Waals surface area contributed by atoms with E-state index in [4.69, 9.17) is 25.3 Å². The second-order valence-corrected chi connectivity index (χ2v) is 9.18. The van der Waals surface area contributed by atoms with Crippen molar-refractivity contribution in [2.45, 2.75) is 46.9 Å². The molecule has 0 aliphatic carbocycles. The summed E-state index contributed by atoms with van der Waals surface area (Å²) >= 11 is 0. The van der Waals surface area contributed by atoms with Gasteiger partial charge in [0.05, 0.1) is 0 Å². The lowest BCUT2D eigenvalue weighted by Gasteiger charge is -2.23. The van der Waals surface area contributed by atoms with Crippen LogP contribution in [0, 0.1) is 11.8 Å². The average Bonchev–Trinajstić information content (AvgIpc) is 2.29. The lowest BCUT2D eigenvalue weighted by atomic mass is 9.94. The van der Waals surface area contributed by atoms with Gasteiger partial charge in [0, 0.05) is 6.54 Å². The standard InChI is InChI=1S/C10H26N2O6P2.2CH4/c1-3-9(4-8(2)5-11)6-12-7-10(19(13,14)15)20(16,17)18;;/h8-10,12H,3-7,11H2,1-2H3,(H2,13,14,15)(H2,16,17,18);2*1H4. The number of hydrogen-bond donors (Lipinski definition) is 6. The van der Waals surface area contributed by atoms with Crippen LogP contribution in [-0.2, 0) is 9.13 Å². The third-order valence-corrected chi connectivity index (χ3v) is 6.98. The molecule has 22 heavy (non-hydrogen) atoms. The fourth-order valence-corrected chi connectivity index (χ4v) is 4.21. The van der Waals surface area contributed by atoms with Gasteiger partial charge in [-0.3, -0.25) is 9.13 Å². The van der Waals surface area contributed by atoms with Crippen molar-refractivity contribution in [2.24, 2.45) is 17.6 Å². The van der Waals surface area contributed by atoms with Crippen molar-refractivity contribution in [1.29, 1.82) is 0 Å². The predicted molar refractivity (Wildman–Crippen MR) is 90.8 cm³/mol. The van der Waals surface area contributed by atoms with Gasteiger partial charge in [0.15, 0.2) is 5.40 Å². The van der Waals surface area contributed by atoms with Crippen LogP contribution in [0.3, 0.4) is 0 Å². The van der Waals surface area contributed by atoms with Crippen molar-refractivity contribution in [3.05, 3.63) is 0 Å². The molecule has 0 aromatic carbocycles. The van der Waals surface area contributed by atoms with E-state index in [1.54, 1.807) is 0 Å². The third-order valence-electron chi connectivity index (χ3n) is 3.25. The molecule has 0 radical (unpaired) electrons. The van der Waals surface area contributed by atoms with Gasteiger partial charge in [0.25, 0.3) is 0 Å². The van der Waals surface area contributed by atoms with E-state index in [9.17, 15) is 9.13 Å². The molecule has 138 valence electrons. The summed E-state index contributed by atoms with van der Waals surface area (Å²) in [6.45, 7) is 4.58. The Hall–Kier alpha value is 0.220. The molecule has 0 aliphatic heterocycles. The zero-order valence-corrected chi connectivity index (χ0v) is 13.6. The number of nitrogens with two attached hydrogens (primary N) is 1. The summed E-state index contributed by atoms with van der Waals surface area (Å²) in [6, 6.07) is 0. The molecule has 0 aromatic heterocycles. The molecule has 0 amide bonds. The summed E-state index contributed by atoms with van der Waals surface area (Å²) in [5.74, 6) is 0.587. The van der Waals surface area contributed by atoms with Crippen LogP contribution in [0.1, 0.15) is 41.5 Å². The van der Waals surface area contributed by atoms with Gasteiger partial charge in [-0.1, -0.05) is 35.1 Å². The molecule has 8 nitrogen and oxygen atoms in total. The molecule has 0 saturated carbocycles. The van der Waals surface area contributed by atoms with Crippen molar-refractivity contribution in [3.8, 4) is 0 Å². The summed E-state index contributed by atoms with van der Waals surface area (Å²) in [7, 11) is -9.69. The van der Waals surface area contributed by atoms with Gasteiger partial charge >= 0.3 is 15.2 Å². The second-order valence-electron chi connectivity index (χ2n) is 5.17. The van der Waals surface area contributed by atoms with E-state index < -0.39 is 27.1 Å². The first kappa shape index (κ1) is 27.1. The Morgan fingerprint density at radius 3 is 1.82 bits per heavy atom. The second kappa shape index (κ2) is 11.7. The Morgan fingerprint density at radius 2 is 1.50 bits per heavy atom. The van der Waals surface area contributed by atoms with Gasteiger partial charge in [-0.2, -0.15) is 0 Å². The van der Waals surface area contributed by atoms with Crippen LogP contribution in [0.15, 0.2) is 0 Å². The van der Waals surface area contributed by atoms with Crippen LogP contribution in [-0.4, -0.2) is 44.6 Å². The fraction of sp³-hybridized carbons (Fsp3) is 1.00. The maximum absolute atomic E-state index is 11.1. The molecule has 10 heteroatoms. The summed E-state index contributed by atoms with van der Waals surface area (Å²) in [5, 5.41) is 0.767. The Balaban J connectivity index is -0.00000180. The summed E-state index contributed by atoms with van der Waals surface area (Å²) in [4.78, 5) is 35.9. The molecule has 0 bridgehead atoms. The molecule has 7 N–H and O–H groups in total. The zero-order valence-electron chi connectivity index (χ0n) is 11.8. The van der Waals surface area contributed by atoms with Crippen molar-refractivity contribution in [2.75, 3.05) is 19.6 Å². The van der Waals surface area contributed by atoms with Crippen molar-refractivity contribution in [3.63, 3.8) is 0 Å². The van der Waals surface area contributed by atoms with Crippen molar-refractivity contribution in [1.82, 2.24) is 5.32 Å². The van der Waals surface area contributed by atoms with Crippen LogP contribution in [0.25, 0.3) is 0 Å². The highest BCUT2D eigenvalue weighted by Crippen LogP contribution is 2.59. The van der Waals surface area contributed by atoms with E-state index in [-0.39, 0.29) is 20.8 Å². The first-order valence-electron chi connectivity index (χ1n) is 6.53. The molecule has 0 aromatic rings. The number of rotatable bonds is 10. The van der Waals surface area contributed by atoms with Crippen molar-refractivity contribution < 1.29 is 28.7 Å². The van der Waals surface area contributed by atoms with Crippen LogP contribution in [0.4, 0.5) is 0 Å². The highest BCUT2D eigenvalue weighted by atomic mass is 31.2. The van der Waals surface area contributed by atoms with E-state index >= 15 is 0 Å². The van der Waals surface area contributed by atoms with E-state index in [1.807, 2.05) is 13.8 Å². The highest BCUT2D eigenvalue weighted by molar-refractivity contribution is 7.70. The lowest BCUT2D eigenvalue weighted by molar-refractivity contribution is 0.329. The van der Waals surface area contributed by atoms with Gasteiger partial charge < -0.3 is 30.6 Å². The molecular weight excluding hydrogens is 330 g/mol. The molecule has 0 aliphatic rings. The minimum absolute atomic E-state index is 0. The van der Waals surface area contributed by atoms with E-state index in [0.29, 0.717) is 19.0 Å². The predicted octanol–water partition coefficient (Wildman–Crippen LogP) is 1.54. The highest BCUT2D eigenvalue weighted by Gasteiger charge is 2.42. The molecule has 0 fully saturated rings. The van der Waals surface area contributed by atoms with Gasteiger partial charge in [0.1, 0.15) is 0 Å². The monoisotopic (exact) mass is 364 g/mol. The Kier molecular flexibility index (Phi) is 14.4. The smallest absolute Gasteiger partial charge is 0.330 e. The summed E-state index contributed by atoms with van der Waals surface area (Å²) in [5.41, 5.74) is 5.54. The largest absolute Gasteiger partial charge is 0.342 e. The van der Waals surface area contributed by atoms with E-state index in [2.05, 4.69) is 5.32 Å². The van der Waals surface area contributed by atoms with Crippen molar-refractivity contribution >= 4 is 15.2 Å². The minimum atomic E-state index is -4.84. The van der Waals surface area contributed by atoms with Crippen LogP contribution >= 0.6 is 15.2 Å². The van der Waals surface area contributed by atoms with Crippen LogP contribution < -0.4 is 11.1 Å². The van der Waals surface area contributed by atoms with E-state index in [0.717, 1.165) is 12.8 Å². The Bertz CT molecular complexity index is 349. The van der Waals surface area contributed by atoms with Crippen LogP contribution in [0.2, 0.25) is 0 Å². The number of nitrogens with one attached hydrogen (secondary N) is 1. The maximum Gasteiger partial charge on any atom is 0.342 e. The summed E-state index contributed by atoms with van der Waals surface area (Å²) < 4.78 is 22.2. The van der Waals surface area contributed by atoms with Gasteiger partial charge in [-0.25, -0.2) is 0 Å². The van der Waals surface area contributed by atoms with Gasteiger partial charge in [0.2, 0.25) is 0 Å². The SMILES string of the molecule is C.C.CCC(CNCC(P(=O)(O)O)P(=O)(O)O)CC(C)CN. The quantitative estimate of drug-likeness (QED) is 0.319. The molecule has 0 spiro atoms. The fourth-order valence-electron chi connectivity index (χ4n) is 1.91. The molecule has 2 unspecified atom stereocenters. The lowest BCUT2D eigenvalue weighted by Crippen LogP contribution is -2.32. The van der Waals surface area contributed by atoms with E-state index in [1.165, 1.54) is 0 Å². The zero-order chi connectivity index (χ0) is 16.0. The molecule has 2 atom stereocenters. The average molecular weight is 364 g/mol. The normalized spacial score (nSPS) is 14.9. The van der Waals surface area contributed by atoms with Gasteiger partial charge in [-0.15, -0.1) is 0 Å². The van der Waals surface area contributed by atoms with Gasteiger partial charge in [-0.05, 0) is 31.3 Å². The van der Waals surface area contributed by atoms with Crippen LogP contribution in [0.5, 0.6) is 0 Å². The molecule has 0 saturated heterocycles. The Labute approximate surface area is 134 Å². The molecule has 0 heterocycles. The Morgan fingerprint density at radius 1 is 1.05 bits per heavy atom.